The molecule has 0 bridgehead atoms. The minimum Gasteiger partial charge on any atom is -0.496 e. The Morgan fingerprint density at radius 1 is 1.12 bits per heavy atom. The molecule has 0 saturated carbocycles. The number of halogens is 1. The van der Waals surface area contributed by atoms with Gasteiger partial charge in [0.15, 0.2) is 0 Å². The molecule has 0 radical (unpaired) electrons. The lowest BCUT2D eigenvalue weighted by molar-refractivity contribution is -0.136. The van der Waals surface area contributed by atoms with Gasteiger partial charge < -0.3 is 15.4 Å². The summed E-state index contributed by atoms with van der Waals surface area (Å²) in [4.78, 5) is 23.8. The third-order valence-corrected chi connectivity index (χ3v) is 4.36. The molecular weight excluding hydrogens is 372 g/mol. The fraction of sp³-hybridized carbons (Fsp3) is 0.222. The number of hydrogen-bond acceptors (Lipinski definition) is 3. The van der Waals surface area contributed by atoms with Gasteiger partial charge in [-0.15, -0.1) is 0 Å². The Morgan fingerprint density at radius 3 is 2.58 bits per heavy atom. The van der Waals surface area contributed by atoms with Crippen LogP contribution in [-0.2, 0) is 16.0 Å². The SMILES string of the molecule is COc1ccccc1CCNC(=O)C(=O)Nc1ccc(C)c(Br)c1. The van der Waals surface area contributed by atoms with E-state index in [4.69, 9.17) is 4.74 Å². The van der Waals surface area contributed by atoms with Gasteiger partial charge in [-0.25, -0.2) is 0 Å². The van der Waals surface area contributed by atoms with Crippen molar-refractivity contribution in [3.05, 3.63) is 58.1 Å². The Labute approximate surface area is 149 Å². The van der Waals surface area contributed by atoms with Gasteiger partial charge in [0.1, 0.15) is 5.75 Å². The molecule has 0 aliphatic carbocycles. The van der Waals surface area contributed by atoms with Crippen LogP contribution in [0.4, 0.5) is 5.69 Å². The third kappa shape index (κ3) is 4.83. The highest BCUT2D eigenvalue weighted by Gasteiger charge is 2.13. The first-order valence-electron chi connectivity index (χ1n) is 7.48. The predicted octanol–water partition coefficient (Wildman–Crippen LogP) is 3.06. The molecule has 0 fully saturated rings. The summed E-state index contributed by atoms with van der Waals surface area (Å²) in [6, 6.07) is 12.9. The van der Waals surface area contributed by atoms with E-state index in [1.54, 1.807) is 19.2 Å². The van der Waals surface area contributed by atoms with Gasteiger partial charge in [0, 0.05) is 16.7 Å². The summed E-state index contributed by atoms with van der Waals surface area (Å²) < 4.78 is 6.13. The zero-order chi connectivity index (χ0) is 17.5. The van der Waals surface area contributed by atoms with Crippen LogP contribution in [0.2, 0.25) is 0 Å². The lowest BCUT2D eigenvalue weighted by atomic mass is 10.1. The fourth-order valence-corrected chi connectivity index (χ4v) is 2.54. The summed E-state index contributed by atoms with van der Waals surface area (Å²) in [6.07, 6.45) is 0.582. The number of amides is 2. The average molecular weight is 391 g/mol. The van der Waals surface area contributed by atoms with E-state index in [1.165, 1.54) is 0 Å². The summed E-state index contributed by atoms with van der Waals surface area (Å²) in [6.45, 7) is 2.30. The Hall–Kier alpha value is -2.34. The molecule has 5 nitrogen and oxygen atoms in total. The van der Waals surface area contributed by atoms with Crippen molar-refractivity contribution in [3.63, 3.8) is 0 Å². The highest BCUT2D eigenvalue weighted by Crippen LogP contribution is 2.20. The number of carbonyl (C=O) groups is 2. The maximum Gasteiger partial charge on any atom is 0.313 e. The monoisotopic (exact) mass is 390 g/mol. The molecule has 2 amide bonds. The van der Waals surface area contributed by atoms with Crippen molar-refractivity contribution in [2.45, 2.75) is 13.3 Å². The zero-order valence-electron chi connectivity index (χ0n) is 13.6. The van der Waals surface area contributed by atoms with E-state index in [0.29, 0.717) is 18.7 Å². The Bertz CT molecular complexity index is 747. The van der Waals surface area contributed by atoms with Crippen molar-refractivity contribution < 1.29 is 14.3 Å². The normalized spacial score (nSPS) is 10.1. The molecular formula is C18H19BrN2O3. The number of para-hydroxylation sites is 1. The van der Waals surface area contributed by atoms with Gasteiger partial charge in [-0.2, -0.15) is 0 Å². The summed E-state index contributed by atoms with van der Waals surface area (Å²) in [5.41, 5.74) is 2.59. The van der Waals surface area contributed by atoms with Crippen LogP contribution in [0, 0.1) is 6.92 Å². The number of carbonyl (C=O) groups excluding carboxylic acids is 2. The van der Waals surface area contributed by atoms with Crippen molar-refractivity contribution >= 4 is 33.4 Å². The predicted molar refractivity (Wildman–Crippen MR) is 97.2 cm³/mol. The van der Waals surface area contributed by atoms with Crippen LogP contribution in [0.25, 0.3) is 0 Å². The molecule has 0 saturated heterocycles. The number of hydrogen-bond donors (Lipinski definition) is 2. The first-order valence-corrected chi connectivity index (χ1v) is 8.28. The van der Waals surface area contributed by atoms with Crippen molar-refractivity contribution in [2.75, 3.05) is 19.0 Å². The van der Waals surface area contributed by atoms with Gasteiger partial charge in [-0.05, 0) is 42.7 Å². The number of nitrogens with one attached hydrogen (secondary N) is 2. The van der Waals surface area contributed by atoms with E-state index >= 15 is 0 Å². The van der Waals surface area contributed by atoms with E-state index < -0.39 is 11.8 Å². The highest BCUT2D eigenvalue weighted by atomic mass is 79.9. The molecule has 126 valence electrons. The molecule has 0 unspecified atom stereocenters. The molecule has 24 heavy (non-hydrogen) atoms. The number of anilines is 1. The van der Waals surface area contributed by atoms with Crippen molar-refractivity contribution in [1.82, 2.24) is 5.32 Å². The average Bonchev–Trinajstić information content (AvgIpc) is 2.58. The van der Waals surface area contributed by atoms with Crippen LogP contribution in [0.15, 0.2) is 46.9 Å². The van der Waals surface area contributed by atoms with Gasteiger partial charge in [-0.1, -0.05) is 40.2 Å². The van der Waals surface area contributed by atoms with E-state index in [1.807, 2.05) is 37.3 Å². The second kappa shape index (κ2) is 8.49. The minimum atomic E-state index is -0.689. The second-order valence-corrected chi connectivity index (χ2v) is 6.09. The summed E-state index contributed by atoms with van der Waals surface area (Å²) in [7, 11) is 1.60. The smallest absolute Gasteiger partial charge is 0.313 e. The number of ether oxygens (including phenoxy) is 1. The van der Waals surface area contributed by atoms with Gasteiger partial charge in [-0.3, -0.25) is 9.59 Å². The third-order valence-electron chi connectivity index (χ3n) is 3.51. The second-order valence-electron chi connectivity index (χ2n) is 5.24. The van der Waals surface area contributed by atoms with Gasteiger partial charge in [0.25, 0.3) is 0 Å². The summed E-state index contributed by atoms with van der Waals surface area (Å²) >= 11 is 3.39. The van der Waals surface area contributed by atoms with E-state index in [9.17, 15) is 9.59 Å². The lowest BCUT2D eigenvalue weighted by Gasteiger charge is -2.10. The molecule has 0 aliphatic rings. The largest absolute Gasteiger partial charge is 0.496 e. The molecule has 2 N–H and O–H groups in total. The maximum absolute atomic E-state index is 11.9. The molecule has 6 heteroatoms. The van der Waals surface area contributed by atoms with Crippen LogP contribution < -0.4 is 15.4 Å². The van der Waals surface area contributed by atoms with Crippen molar-refractivity contribution in [3.8, 4) is 5.75 Å². The highest BCUT2D eigenvalue weighted by molar-refractivity contribution is 9.10. The van der Waals surface area contributed by atoms with E-state index in [0.717, 1.165) is 21.3 Å². The molecule has 0 aliphatic heterocycles. The van der Waals surface area contributed by atoms with Crippen molar-refractivity contribution in [2.24, 2.45) is 0 Å². The molecule has 0 atom stereocenters. The van der Waals surface area contributed by atoms with Crippen LogP contribution >= 0.6 is 15.9 Å². The summed E-state index contributed by atoms with van der Waals surface area (Å²) in [5.74, 6) is -0.590. The molecule has 0 spiro atoms. The van der Waals surface area contributed by atoms with Crippen LogP contribution in [0.5, 0.6) is 5.75 Å². The minimum absolute atomic E-state index is 0.351. The van der Waals surface area contributed by atoms with Crippen LogP contribution in [0.1, 0.15) is 11.1 Å². The zero-order valence-corrected chi connectivity index (χ0v) is 15.1. The molecule has 0 heterocycles. The number of benzene rings is 2. The van der Waals surface area contributed by atoms with Gasteiger partial charge >= 0.3 is 11.8 Å². The molecule has 0 aromatic heterocycles. The van der Waals surface area contributed by atoms with Crippen molar-refractivity contribution in [1.29, 1.82) is 0 Å². The first kappa shape index (κ1) is 18.0. The standard InChI is InChI=1S/C18H19BrN2O3/c1-12-7-8-14(11-15(12)19)21-18(23)17(22)20-10-9-13-5-3-4-6-16(13)24-2/h3-8,11H,9-10H2,1-2H3,(H,20,22)(H,21,23). The fourth-order valence-electron chi connectivity index (χ4n) is 2.16. The lowest BCUT2D eigenvalue weighted by Crippen LogP contribution is -2.36. The number of methoxy groups -OCH3 is 1. The Kier molecular flexibility index (Phi) is 6.37. The maximum atomic E-state index is 11.9. The molecule has 2 aromatic rings. The van der Waals surface area contributed by atoms with E-state index in [-0.39, 0.29) is 0 Å². The Balaban J connectivity index is 1.85. The van der Waals surface area contributed by atoms with Gasteiger partial charge in [0.05, 0.1) is 7.11 Å². The number of rotatable bonds is 5. The molecule has 2 aromatic carbocycles. The quantitative estimate of drug-likeness (QED) is 0.770. The van der Waals surface area contributed by atoms with Crippen LogP contribution in [0.3, 0.4) is 0 Å². The topological polar surface area (TPSA) is 67.4 Å². The van der Waals surface area contributed by atoms with Gasteiger partial charge in [0.2, 0.25) is 0 Å². The number of aryl methyl sites for hydroxylation is 1. The van der Waals surface area contributed by atoms with Crippen LogP contribution in [-0.4, -0.2) is 25.5 Å². The molecule has 2 rings (SSSR count). The Morgan fingerprint density at radius 2 is 1.88 bits per heavy atom. The first-order chi connectivity index (χ1) is 11.5. The summed E-state index contributed by atoms with van der Waals surface area (Å²) in [5, 5.41) is 5.19. The van der Waals surface area contributed by atoms with E-state index in [2.05, 4.69) is 26.6 Å².